The van der Waals surface area contributed by atoms with Gasteiger partial charge in [-0.05, 0) is 43.0 Å². The second kappa shape index (κ2) is 8.48. The predicted octanol–water partition coefficient (Wildman–Crippen LogP) is 3.22. The number of carbonyl (C=O) groups excluding carboxylic acids is 1. The zero-order chi connectivity index (χ0) is 19.4. The van der Waals surface area contributed by atoms with Crippen molar-refractivity contribution in [2.45, 2.75) is 45.7 Å². The molecule has 0 aromatic carbocycles. The van der Waals surface area contributed by atoms with Crippen molar-refractivity contribution in [3.05, 3.63) is 47.8 Å². The number of anilines is 1. The number of nitrogens with one attached hydrogen (secondary N) is 2. The number of ketones is 1. The van der Waals surface area contributed by atoms with Gasteiger partial charge < -0.3 is 10.2 Å². The lowest BCUT2D eigenvalue weighted by Gasteiger charge is -2.40. The van der Waals surface area contributed by atoms with Crippen LogP contribution in [0.3, 0.4) is 0 Å². The number of aromatic nitrogens is 2. The zero-order valence-electron chi connectivity index (χ0n) is 16.3. The lowest BCUT2D eigenvalue weighted by molar-refractivity contribution is 0.103. The van der Waals surface area contributed by atoms with Gasteiger partial charge in [-0.3, -0.25) is 10.5 Å². The van der Waals surface area contributed by atoms with Gasteiger partial charge in [0, 0.05) is 31.4 Å². The highest BCUT2D eigenvalue weighted by Crippen LogP contribution is 2.21. The van der Waals surface area contributed by atoms with E-state index in [9.17, 15) is 4.79 Å². The minimum Gasteiger partial charge on any atom is -0.353 e. The lowest BCUT2D eigenvalue weighted by atomic mass is 9.99. The van der Waals surface area contributed by atoms with Crippen LogP contribution in [0, 0.1) is 5.92 Å². The summed E-state index contributed by atoms with van der Waals surface area (Å²) in [5.41, 5.74) is 8.51. The summed E-state index contributed by atoms with van der Waals surface area (Å²) in [5, 5.41) is 3.74. The van der Waals surface area contributed by atoms with Crippen molar-refractivity contribution in [1.82, 2.24) is 21.0 Å². The van der Waals surface area contributed by atoms with Crippen LogP contribution in [-0.2, 0) is 0 Å². The largest absolute Gasteiger partial charge is 0.353 e. The maximum absolute atomic E-state index is 12.8. The summed E-state index contributed by atoms with van der Waals surface area (Å²) in [6, 6.07) is 9.69. The third-order valence-electron chi connectivity index (χ3n) is 4.95. The monoisotopic (exact) mass is 366 g/mol. The highest BCUT2D eigenvalue weighted by atomic mass is 16.1. The number of hydrogen-bond donors (Lipinski definition) is 1. The van der Waals surface area contributed by atoms with Gasteiger partial charge in [0.25, 0.3) is 0 Å². The van der Waals surface area contributed by atoms with Crippen LogP contribution in [0.5, 0.6) is 0 Å². The van der Waals surface area contributed by atoms with Gasteiger partial charge in [0.15, 0.2) is 5.82 Å². The molecule has 2 aromatic rings. The summed E-state index contributed by atoms with van der Waals surface area (Å²) in [4.78, 5) is 23.6. The fourth-order valence-electron chi connectivity index (χ4n) is 3.64. The SMILES string of the molecule is CC[C@@H]1CN(c2cccc(C(=O)c3cccnc3[NH])n2)C[C@H](CC(C)C)N1. The number of hydrogen-bond acceptors (Lipinski definition) is 5. The van der Waals surface area contributed by atoms with E-state index in [4.69, 9.17) is 5.73 Å². The minimum atomic E-state index is -0.254. The Labute approximate surface area is 161 Å². The van der Waals surface area contributed by atoms with E-state index in [1.165, 1.54) is 6.20 Å². The Kier molecular flexibility index (Phi) is 6.06. The van der Waals surface area contributed by atoms with Gasteiger partial charge in [-0.1, -0.05) is 26.8 Å². The number of piperazine rings is 1. The number of nitrogens with zero attached hydrogens (tertiary/aromatic N) is 3. The van der Waals surface area contributed by atoms with E-state index < -0.39 is 0 Å². The van der Waals surface area contributed by atoms with Gasteiger partial charge in [-0.15, -0.1) is 0 Å². The Balaban J connectivity index is 1.83. The highest BCUT2D eigenvalue weighted by Gasteiger charge is 2.27. The van der Waals surface area contributed by atoms with E-state index in [-0.39, 0.29) is 17.2 Å². The van der Waals surface area contributed by atoms with Crippen molar-refractivity contribution in [2.75, 3.05) is 18.0 Å². The first-order valence-corrected chi connectivity index (χ1v) is 9.67. The maximum atomic E-state index is 12.8. The molecule has 1 radical (unpaired) electrons. The molecule has 3 rings (SSSR count). The van der Waals surface area contributed by atoms with Crippen LogP contribution >= 0.6 is 0 Å². The Morgan fingerprint density at radius 1 is 1.26 bits per heavy atom. The molecule has 1 aliphatic heterocycles. The Morgan fingerprint density at radius 3 is 2.74 bits per heavy atom. The second-order valence-corrected chi connectivity index (χ2v) is 7.61. The van der Waals surface area contributed by atoms with Gasteiger partial charge in [-0.25, -0.2) is 9.97 Å². The third kappa shape index (κ3) is 4.63. The first kappa shape index (κ1) is 19.3. The molecule has 1 saturated heterocycles. The number of rotatable bonds is 6. The van der Waals surface area contributed by atoms with Crippen LogP contribution in [0.15, 0.2) is 36.5 Å². The Bertz CT molecular complexity index is 792. The second-order valence-electron chi connectivity index (χ2n) is 7.61. The third-order valence-corrected chi connectivity index (χ3v) is 4.95. The van der Waals surface area contributed by atoms with E-state index in [1.807, 2.05) is 12.1 Å². The van der Waals surface area contributed by atoms with E-state index in [0.29, 0.717) is 23.7 Å². The van der Waals surface area contributed by atoms with E-state index >= 15 is 0 Å². The van der Waals surface area contributed by atoms with Crippen LogP contribution in [0.1, 0.15) is 49.7 Å². The van der Waals surface area contributed by atoms with Crippen LogP contribution in [0.4, 0.5) is 11.6 Å². The van der Waals surface area contributed by atoms with Crippen LogP contribution < -0.4 is 16.0 Å². The van der Waals surface area contributed by atoms with Gasteiger partial charge >= 0.3 is 0 Å². The van der Waals surface area contributed by atoms with Crippen molar-refractivity contribution in [1.29, 1.82) is 0 Å². The average Bonchev–Trinajstić information content (AvgIpc) is 2.67. The molecule has 0 amide bonds. The van der Waals surface area contributed by atoms with Crippen molar-refractivity contribution >= 4 is 17.4 Å². The highest BCUT2D eigenvalue weighted by molar-refractivity contribution is 6.10. The molecule has 0 unspecified atom stereocenters. The van der Waals surface area contributed by atoms with Gasteiger partial charge in [0.05, 0.1) is 5.56 Å². The number of carbonyl (C=O) groups is 1. The summed E-state index contributed by atoms with van der Waals surface area (Å²) in [6.07, 6.45) is 3.69. The summed E-state index contributed by atoms with van der Waals surface area (Å²) in [5.74, 6) is 1.18. The molecule has 0 aliphatic carbocycles. The van der Waals surface area contributed by atoms with E-state index in [0.717, 1.165) is 31.7 Å². The maximum Gasteiger partial charge on any atom is 0.215 e. The van der Waals surface area contributed by atoms with Crippen LogP contribution in [0.25, 0.3) is 0 Å². The van der Waals surface area contributed by atoms with E-state index in [2.05, 4.69) is 41.0 Å². The van der Waals surface area contributed by atoms with Crippen molar-refractivity contribution < 1.29 is 4.79 Å². The normalized spacial score (nSPS) is 20.1. The smallest absolute Gasteiger partial charge is 0.215 e. The molecule has 0 bridgehead atoms. The summed E-state index contributed by atoms with van der Waals surface area (Å²) in [7, 11) is 0. The number of pyridine rings is 2. The Hall–Kier alpha value is -2.47. The predicted molar refractivity (Wildman–Crippen MR) is 107 cm³/mol. The standard InChI is InChI=1S/C21H28N5O/c1-4-15-12-26(13-16(24-15)11-14(2)3)19-9-5-8-18(25-19)20(27)17-7-6-10-23-21(17)22/h5-10,14-16,22,24H,4,11-13H2,1-3H3/t15-,16+/m1/s1. The van der Waals surface area contributed by atoms with Crippen molar-refractivity contribution in [3.63, 3.8) is 0 Å². The molecule has 0 spiro atoms. The summed E-state index contributed by atoms with van der Waals surface area (Å²) >= 11 is 0. The molecule has 3 heterocycles. The molecule has 27 heavy (non-hydrogen) atoms. The molecule has 143 valence electrons. The molecule has 1 fully saturated rings. The Morgan fingerprint density at radius 2 is 2.04 bits per heavy atom. The fraction of sp³-hybridized carbons (Fsp3) is 0.476. The first-order valence-electron chi connectivity index (χ1n) is 9.67. The van der Waals surface area contributed by atoms with Crippen LogP contribution in [0.2, 0.25) is 0 Å². The minimum absolute atomic E-state index is 0.0140. The average molecular weight is 366 g/mol. The summed E-state index contributed by atoms with van der Waals surface area (Å²) < 4.78 is 0. The molecule has 2 atom stereocenters. The van der Waals surface area contributed by atoms with Crippen LogP contribution in [-0.4, -0.2) is 40.9 Å². The molecule has 2 aromatic heterocycles. The molecule has 6 heteroatoms. The molecular weight excluding hydrogens is 338 g/mol. The lowest BCUT2D eigenvalue weighted by Crippen LogP contribution is -2.57. The molecule has 2 N–H and O–H groups in total. The van der Waals surface area contributed by atoms with E-state index in [1.54, 1.807) is 18.2 Å². The van der Waals surface area contributed by atoms with Gasteiger partial charge in [0.1, 0.15) is 11.5 Å². The quantitative estimate of drug-likeness (QED) is 0.794. The zero-order valence-corrected chi connectivity index (χ0v) is 16.3. The fourth-order valence-corrected chi connectivity index (χ4v) is 3.64. The van der Waals surface area contributed by atoms with Gasteiger partial charge in [0.2, 0.25) is 5.78 Å². The molecular formula is C21H28N5O. The topological polar surface area (TPSA) is 81.9 Å². The van der Waals surface area contributed by atoms with Crippen molar-refractivity contribution in [2.24, 2.45) is 5.92 Å². The van der Waals surface area contributed by atoms with Crippen molar-refractivity contribution in [3.8, 4) is 0 Å². The van der Waals surface area contributed by atoms with Gasteiger partial charge in [-0.2, -0.15) is 0 Å². The molecule has 6 nitrogen and oxygen atoms in total. The molecule has 0 saturated carbocycles. The molecule has 1 aliphatic rings. The summed E-state index contributed by atoms with van der Waals surface area (Å²) in [6.45, 7) is 8.44. The first-order chi connectivity index (χ1) is 13.0.